The summed E-state index contributed by atoms with van der Waals surface area (Å²) in [7, 11) is 1.48. The minimum atomic E-state index is -0.999. The zero-order chi connectivity index (χ0) is 12.3. The molecule has 0 bridgehead atoms. The van der Waals surface area contributed by atoms with E-state index in [0.717, 1.165) is 11.3 Å². The predicted molar refractivity (Wildman–Crippen MR) is 63.1 cm³/mol. The van der Waals surface area contributed by atoms with Gasteiger partial charge in [0.2, 0.25) is 0 Å². The molecule has 1 aromatic heterocycles. The number of hydrogen-bond donors (Lipinski definition) is 1. The molecule has 0 aliphatic rings. The first-order valence-electron chi connectivity index (χ1n) is 4.72. The summed E-state index contributed by atoms with van der Waals surface area (Å²) in [6.45, 7) is 1.73. The molecule has 1 aromatic rings. The van der Waals surface area contributed by atoms with Gasteiger partial charge in [-0.3, -0.25) is 4.79 Å². The van der Waals surface area contributed by atoms with Crippen LogP contribution in [0.5, 0.6) is 0 Å². The minimum Gasteiger partial charge on any atom is -0.480 e. The average Bonchev–Trinajstić information content (AvgIpc) is 2.64. The van der Waals surface area contributed by atoms with Gasteiger partial charge in [-0.05, 0) is 18.6 Å². The van der Waals surface area contributed by atoms with E-state index in [-0.39, 0.29) is 5.91 Å². The number of rotatable bonds is 4. The molecule has 0 saturated carbocycles. The topological polar surface area (TPSA) is 57.6 Å². The van der Waals surface area contributed by atoms with E-state index in [1.165, 1.54) is 11.9 Å². The lowest BCUT2D eigenvalue weighted by atomic mass is 10.2. The Labute approximate surface area is 102 Å². The van der Waals surface area contributed by atoms with Crippen LogP contribution in [0.25, 0.3) is 0 Å². The zero-order valence-corrected chi connectivity index (χ0v) is 10.5. The number of carboxylic acid groups (broad SMARTS) is 1. The summed E-state index contributed by atoms with van der Waals surface area (Å²) in [6, 6.07) is 2.42. The number of aliphatic carboxylic acids is 1. The highest BCUT2D eigenvalue weighted by atomic mass is 35.5. The van der Waals surface area contributed by atoms with Crippen LogP contribution >= 0.6 is 22.9 Å². The maximum absolute atomic E-state index is 11.9. The van der Waals surface area contributed by atoms with Gasteiger partial charge in [-0.25, -0.2) is 4.79 Å². The van der Waals surface area contributed by atoms with Gasteiger partial charge in [0.25, 0.3) is 5.91 Å². The van der Waals surface area contributed by atoms with Gasteiger partial charge in [0, 0.05) is 7.05 Å². The van der Waals surface area contributed by atoms with Gasteiger partial charge in [-0.15, -0.1) is 11.3 Å². The van der Waals surface area contributed by atoms with E-state index in [1.807, 2.05) is 0 Å². The molecule has 1 N–H and O–H groups in total. The van der Waals surface area contributed by atoms with Crippen LogP contribution in [0.1, 0.15) is 23.0 Å². The first-order chi connectivity index (χ1) is 7.47. The van der Waals surface area contributed by atoms with Gasteiger partial charge in [-0.2, -0.15) is 0 Å². The smallest absolute Gasteiger partial charge is 0.326 e. The Morgan fingerprint density at radius 1 is 1.56 bits per heavy atom. The number of hydrogen-bond acceptors (Lipinski definition) is 3. The fraction of sp³-hybridized carbons (Fsp3) is 0.400. The van der Waals surface area contributed by atoms with E-state index in [4.69, 9.17) is 16.7 Å². The van der Waals surface area contributed by atoms with Crippen LogP contribution in [0.3, 0.4) is 0 Å². The second-order valence-electron chi connectivity index (χ2n) is 3.28. The second-order valence-corrected chi connectivity index (χ2v) is 5.00. The molecular formula is C10H12ClNO3S. The number of amides is 1. The molecule has 16 heavy (non-hydrogen) atoms. The van der Waals surface area contributed by atoms with Crippen LogP contribution in [0, 0.1) is 0 Å². The first-order valence-corrected chi connectivity index (χ1v) is 5.92. The Bertz CT molecular complexity index is 405. The summed E-state index contributed by atoms with van der Waals surface area (Å²) in [5.74, 6) is -1.31. The van der Waals surface area contributed by atoms with E-state index >= 15 is 0 Å². The van der Waals surface area contributed by atoms with Gasteiger partial charge in [-0.1, -0.05) is 18.5 Å². The van der Waals surface area contributed by atoms with E-state index < -0.39 is 12.0 Å². The second kappa shape index (κ2) is 5.32. The Kier molecular flexibility index (Phi) is 4.32. The third-order valence-corrected chi connectivity index (χ3v) is 3.46. The molecule has 0 fully saturated rings. The SMILES string of the molecule is CCC(C(=O)O)N(C)C(=O)c1ccc(Cl)s1. The Morgan fingerprint density at radius 2 is 2.19 bits per heavy atom. The molecule has 88 valence electrons. The molecule has 6 heteroatoms. The number of halogens is 1. The van der Waals surface area contributed by atoms with Crippen molar-refractivity contribution < 1.29 is 14.7 Å². The lowest BCUT2D eigenvalue weighted by molar-refractivity contribution is -0.142. The van der Waals surface area contributed by atoms with Crippen molar-refractivity contribution in [3.8, 4) is 0 Å². The van der Waals surface area contributed by atoms with Crippen LogP contribution < -0.4 is 0 Å². The molecule has 1 amide bonds. The van der Waals surface area contributed by atoms with Gasteiger partial charge in [0.15, 0.2) is 0 Å². The summed E-state index contributed by atoms with van der Waals surface area (Å²) in [5.41, 5.74) is 0. The quantitative estimate of drug-likeness (QED) is 0.905. The average molecular weight is 262 g/mol. The molecule has 1 atom stereocenters. The molecule has 4 nitrogen and oxygen atoms in total. The molecule has 0 aliphatic carbocycles. The van der Waals surface area contributed by atoms with Crippen molar-refractivity contribution in [3.63, 3.8) is 0 Å². The predicted octanol–water partition coefficient (Wildman–Crippen LogP) is 2.34. The van der Waals surface area contributed by atoms with Crippen molar-refractivity contribution in [2.75, 3.05) is 7.05 Å². The van der Waals surface area contributed by atoms with Crippen LogP contribution in [0.2, 0.25) is 4.34 Å². The fourth-order valence-corrected chi connectivity index (χ4v) is 2.38. The number of carbonyl (C=O) groups excluding carboxylic acids is 1. The first kappa shape index (κ1) is 13.0. The molecule has 0 aliphatic heterocycles. The maximum Gasteiger partial charge on any atom is 0.326 e. The van der Waals surface area contributed by atoms with Crippen LogP contribution in [0.4, 0.5) is 0 Å². The largest absolute Gasteiger partial charge is 0.480 e. The van der Waals surface area contributed by atoms with Gasteiger partial charge < -0.3 is 10.0 Å². The standard InChI is InChI=1S/C10H12ClNO3S/c1-3-6(10(14)15)12(2)9(13)7-4-5-8(11)16-7/h4-6H,3H2,1-2H3,(H,14,15). The Hall–Kier alpha value is -1.07. The molecule has 1 heterocycles. The van der Waals surface area contributed by atoms with Crippen LogP contribution in [-0.4, -0.2) is 35.0 Å². The number of thiophene rings is 1. The number of carboxylic acids is 1. The van der Waals surface area contributed by atoms with Crippen LogP contribution in [0.15, 0.2) is 12.1 Å². The van der Waals surface area contributed by atoms with Crippen molar-refractivity contribution in [3.05, 3.63) is 21.3 Å². The monoisotopic (exact) mass is 261 g/mol. The van der Waals surface area contributed by atoms with Crippen LogP contribution in [-0.2, 0) is 4.79 Å². The number of carbonyl (C=O) groups is 2. The molecule has 0 aromatic carbocycles. The lowest BCUT2D eigenvalue weighted by Gasteiger charge is -2.22. The number of nitrogens with zero attached hydrogens (tertiary/aromatic N) is 1. The molecule has 0 radical (unpaired) electrons. The van der Waals surface area contributed by atoms with E-state index in [2.05, 4.69) is 0 Å². The Morgan fingerprint density at radius 3 is 2.56 bits per heavy atom. The molecule has 1 rings (SSSR count). The van der Waals surface area contributed by atoms with E-state index in [0.29, 0.717) is 15.6 Å². The summed E-state index contributed by atoms with van der Waals surface area (Å²) in [5, 5.41) is 8.93. The molecule has 0 spiro atoms. The van der Waals surface area contributed by atoms with Crippen molar-refractivity contribution in [2.24, 2.45) is 0 Å². The number of likely N-dealkylation sites (N-methyl/N-ethyl adjacent to an activating group) is 1. The zero-order valence-electron chi connectivity index (χ0n) is 8.94. The van der Waals surface area contributed by atoms with Gasteiger partial charge in [0.1, 0.15) is 6.04 Å². The Balaban J connectivity index is 2.85. The van der Waals surface area contributed by atoms with E-state index in [1.54, 1.807) is 19.1 Å². The van der Waals surface area contributed by atoms with Crippen molar-refractivity contribution in [2.45, 2.75) is 19.4 Å². The summed E-state index contributed by atoms with van der Waals surface area (Å²) in [6.07, 6.45) is 0.372. The molecular weight excluding hydrogens is 250 g/mol. The summed E-state index contributed by atoms with van der Waals surface area (Å²) < 4.78 is 0.514. The normalized spacial score (nSPS) is 12.2. The molecule has 0 saturated heterocycles. The van der Waals surface area contributed by atoms with Crippen molar-refractivity contribution >= 4 is 34.8 Å². The highest BCUT2D eigenvalue weighted by molar-refractivity contribution is 7.17. The fourth-order valence-electron chi connectivity index (χ4n) is 1.36. The minimum absolute atomic E-state index is 0.314. The van der Waals surface area contributed by atoms with E-state index in [9.17, 15) is 9.59 Å². The summed E-state index contributed by atoms with van der Waals surface area (Å²) in [4.78, 5) is 24.5. The van der Waals surface area contributed by atoms with Crippen molar-refractivity contribution in [1.29, 1.82) is 0 Å². The highest BCUT2D eigenvalue weighted by Gasteiger charge is 2.26. The van der Waals surface area contributed by atoms with Crippen molar-refractivity contribution in [1.82, 2.24) is 4.90 Å². The molecule has 1 unspecified atom stereocenters. The summed E-state index contributed by atoms with van der Waals surface area (Å²) >= 11 is 6.86. The highest BCUT2D eigenvalue weighted by Crippen LogP contribution is 2.23. The third-order valence-electron chi connectivity index (χ3n) is 2.24. The third kappa shape index (κ3) is 2.74. The van der Waals surface area contributed by atoms with Gasteiger partial charge >= 0.3 is 5.97 Å². The maximum atomic E-state index is 11.9. The lowest BCUT2D eigenvalue weighted by Crippen LogP contribution is -2.41. The van der Waals surface area contributed by atoms with Gasteiger partial charge in [0.05, 0.1) is 9.21 Å².